The fourth-order valence-electron chi connectivity index (χ4n) is 3.46. The first kappa shape index (κ1) is 24.7. The molecule has 13 heteroatoms. The van der Waals surface area contributed by atoms with Crippen LogP contribution in [0, 0.1) is 20.2 Å². The summed E-state index contributed by atoms with van der Waals surface area (Å²) in [5.74, 6) is -0.661. The lowest BCUT2D eigenvalue weighted by molar-refractivity contribution is -0.385. The number of rotatable bonds is 10. The highest BCUT2D eigenvalue weighted by molar-refractivity contribution is 6.01. The first-order valence-corrected chi connectivity index (χ1v) is 10.9. The number of carboxylic acids is 1. The summed E-state index contributed by atoms with van der Waals surface area (Å²) in [5.41, 5.74) is 0.817. The largest absolute Gasteiger partial charge is 0.478 e. The van der Waals surface area contributed by atoms with E-state index in [1.807, 2.05) is 0 Å². The fraction of sp³-hybridized carbons (Fsp3) is 0.0833. The lowest BCUT2D eigenvalue weighted by Gasteiger charge is -2.14. The Morgan fingerprint density at radius 2 is 1.35 bits per heavy atom. The zero-order chi connectivity index (χ0) is 26.4. The average molecular weight is 501 g/mol. The Kier molecular flexibility index (Phi) is 7.24. The van der Waals surface area contributed by atoms with E-state index in [1.54, 1.807) is 30.3 Å². The van der Waals surface area contributed by atoms with Crippen molar-refractivity contribution in [2.45, 2.75) is 0 Å². The minimum absolute atomic E-state index is 0.101. The molecule has 0 spiro atoms. The normalized spacial score (nSPS) is 10.5. The van der Waals surface area contributed by atoms with Crippen LogP contribution in [0.1, 0.15) is 10.4 Å². The zero-order valence-corrected chi connectivity index (χ0v) is 19.1. The number of aromatic carboxylic acids is 1. The second-order valence-corrected chi connectivity index (χ2v) is 7.61. The third kappa shape index (κ3) is 5.79. The Morgan fingerprint density at radius 3 is 1.89 bits per heavy atom. The van der Waals surface area contributed by atoms with E-state index in [0.29, 0.717) is 30.0 Å². The summed E-state index contributed by atoms with van der Waals surface area (Å²) in [7, 11) is 0. The number of non-ortho nitro benzene ring substituents is 1. The quantitative estimate of drug-likeness (QED) is 0.160. The van der Waals surface area contributed by atoms with Crippen LogP contribution in [0.25, 0.3) is 22.5 Å². The molecule has 186 valence electrons. The first-order chi connectivity index (χ1) is 17.8. The summed E-state index contributed by atoms with van der Waals surface area (Å²) in [4.78, 5) is 45.8. The molecule has 37 heavy (non-hydrogen) atoms. The molecule has 3 N–H and O–H groups in total. The number of hydrogen-bond donors (Lipinski definition) is 3. The molecule has 4 rings (SSSR count). The second kappa shape index (κ2) is 10.9. The van der Waals surface area contributed by atoms with Gasteiger partial charge in [-0.2, -0.15) is 0 Å². The van der Waals surface area contributed by atoms with Gasteiger partial charge in [-0.1, -0.05) is 30.3 Å². The van der Waals surface area contributed by atoms with E-state index in [0.717, 1.165) is 6.20 Å². The molecule has 13 nitrogen and oxygen atoms in total. The molecule has 0 radical (unpaired) electrons. The molecule has 0 fully saturated rings. The van der Waals surface area contributed by atoms with Crippen molar-refractivity contribution in [2.75, 3.05) is 23.7 Å². The van der Waals surface area contributed by atoms with Gasteiger partial charge in [-0.15, -0.1) is 0 Å². The van der Waals surface area contributed by atoms with Crippen molar-refractivity contribution in [1.82, 2.24) is 15.0 Å². The van der Waals surface area contributed by atoms with Gasteiger partial charge in [0.15, 0.2) is 0 Å². The number of carbonyl (C=O) groups is 1. The van der Waals surface area contributed by atoms with Crippen LogP contribution in [0.5, 0.6) is 0 Å². The van der Waals surface area contributed by atoms with Crippen LogP contribution in [0.4, 0.5) is 23.1 Å². The number of nitro groups is 2. The van der Waals surface area contributed by atoms with E-state index >= 15 is 0 Å². The van der Waals surface area contributed by atoms with Gasteiger partial charge in [-0.05, 0) is 18.2 Å². The van der Waals surface area contributed by atoms with Gasteiger partial charge in [0.05, 0.1) is 21.2 Å². The number of anilines is 2. The lowest BCUT2D eigenvalue weighted by atomic mass is 10.00. The number of nitrogens with one attached hydrogen (secondary N) is 2. The van der Waals surface area contributed by atoms with Gasteiger partial charge in [0, 0.05) is 42.4 Å². The Bertz CT molecular complexity index is 1450. The summed E-state index contributed by atoms with van der Waals surface area (Å²) >= 11 is 0. The summed E-state index contributed by atoms with van der Waals surface area (Å²) in [6, 6.07) is 17.0. The maximum Gasteiger partial charge on any atom is 0.340 e. The van der Waals surface area contributed by atoms with Gasteiger partial charge in [-0.3, -0.25) is 20.2 Å². The maximum atomic E-state index is 12.3. The van der Waals surface area contributed by atoms with Crippen molar-refractivity contribution in [3.63, 3.8) is 0 Å². The van der Waals surface area contributed by atoms with Crippen molar-refractivity contribution in [2.24, 2.45) is 0 Å². The van der Waals surface area contributed by atoms with Gasteiger partial charge >= 0.3 is 5.97 Å². The molecule has 4 aromatic rings. The molecule has 2 heterocycles. The van der Waals surface area contributed by atoms with E-state index in [4.69, 9.17) is 0 Å². The van der Waals surface area contributed by atoms with E-state index in [1.165, 1.54) is 36.4 Å². The lowest BCUT2D eigenvalue weighted by Crippen LogP contribution is -2.17. The molecule has 0 bridgehead atoms. The minimum atomic E-state index is -1.25. The van der Waals surface area contributed by atoms with Crippen LogP contribution in [-0.4, -0.2) is 49.0 Å². The minimum Gasteiger partial charge on any atom is -0.478 e. The van der Waals surface area contributed by atoms with Crippen LogP contribution >= 0.6 is 0 Å². The predicted molar refractivity (Wildman–Crippen MR) is 134 cm³/mol. The van der Waals surface area contributed by atoms with Crippen LogP contribution in [-0.2, 0) is 0 Å². The summed E-state index contributed by atoms with van der Waals surface area (Å²) in [6.45, 7) is 0.654. The molecule has 0 saturated carbocycles. The van der Waals surface area contributed by atoms with Gasteiger partial charge in [0.2, 0.25) is 5.95 Å². The smallest absolute Gasteiger partial charge is 0.340 e. The van der Waals surface area contributed by atoms with Crippen molar-refractivity contribution in [3.05, 3.63) is 98.7 Å². The van der Waals surface area contributed by atoms with Gasteiger partial charge in [0.1, 0.15) is 17.6 Å². The number of aromatic nitrogens is 3. The van der Waals surface area contributed by atoms with Crippen molar-refractivity contribution in [1.29, 1.82) is 0 Å². The highest BCUT2D eigenvalue weighted by Gasteiger charge is 2.23. The summed E-state index contributed by atoms with van der Waals surface area (Å²) in [6.07, 6.45) is 1.14. The Balaban J connectivity index is 1.63. The van der Waals surface area contributed by atoms with Crippen LogP contribution < -0.4 is 10.6 Å². The third-order valence-corrected chi connectivity index (χ3v) is 5.19. The van der Waals surface area contributed by atoms with Crippen LogP contribution in [0.15, 0.2) is 72.9 Å². The summed E-state index contributed by atoms with van der Waals surface area (Å²) in [5, 5.41) is 37.9. The van der Waals surface area contributed by atoms with Gasteiger partial charge in [-0.25, -0.2) is 19.7 Å². The summed E-state index contributed by atoms with van der Waals surface area (Å²) < 4.78 is 0. The number of nitro benzene ring substituents is 1. The number of benzene rings is 2. The zero-order valence-electron chi connectivity index (χ0n) is 19.1. The first-order valence-electron chi connectivity index (χ1n) is 10.9. The molecule has 0 aliphatic carbocycles. The average Bonchev–Trinajstić information content (AvgIpc) is 2.91. The van der Waals surface area contributed by atoms with E-state index in [9.17, 15) is 30.1 Å². The molecular formula is C24H19N7O6. The molecule has 2 aromatic carbocycles. The van der Waals surface area contributed by atoms with Crippen LogP contribution in [0.3, 0.4) is 0 Å². The monoisotopic (exact) mass is 501 g/mol. The van der Waals surface area contributed by atoms with Crippen molar-refractivity contribution >= 4 is 29.1 Å². The maximum absolute atomic E-state index is 12.3. The van der Waals surface area contributed by atoms with Crippen LogP contribution in [0.2, 0.25) is 0 Å². The number of carboxylic acid groups (broad SMARTS) is 1. The molecule has 0 atom stereocenters. The van der Waals surface area contributed by atoms with Gasteiger partial charge in [0.25, 0.3) is 11.4 Å². The fourth-order valence-corrected chi connectivity index (χ4v) is 3.46. The number of pyridine rings is 1. The Labute approximate surface area is 209 Å². The SMILES string of the molecule is O=C(O)c1c(-c2ccccc2)nc(NCCNc2ccc([N+](=O)[O-])cn2)nc1-c1ccc([N+](=O)[O-])cc1. The number of hydrogen-bond acceptors (Lipinski definition) is 10. The molecule has 0 aliphatic heterocycles. The third-order valence-electron chi connectivity index (χ3n) is 5.19. The topological polar surface area (TPSA) is 186 Å². The van der Waals surface area contributed by atoms with Crippen molar-refractivity contribution < 1.29 is 19.7 Å². The molecule has 0 amide bonds. The molecule has 0 saturated heterocycles. The second-order valence-electron chi connectivity index (χ2n) is 7.61. The van der Waals surface area contributed by atoms with E-state index in [2.05, 4.69) is 25.6 Å². The predicted octanol–water partition coefficient (Wildman–Crippen LogP) is 4.24. The highest BCUT2D eigenvalue weighted by atomic mass is 16.6. The molecular weight excluding hydrogens is 482 g/mol. The Hall–Kier alpha value is -5.46. The standard InChI is InChI=1S/C24H19N7O6/c32-23(33)20-21(15-4-2-1-3-5-15)28-24(29-22(20)16-6-8-17(9-7-16)30(34)35)26-13-12-25-19-11-10-18(14-27-19)31(36)37/h1-11,14H,12-13H2,(H,25,27)(H,32,33)(H,26,28,29). The molecule has 0 unspecified atom stereocenters. The number of nitrogens with zero attached hydrogens (tertiary/aromatic N) is 5. The van der Waals surface area contributed by atoms with E-state index in [-0.39, 0.29) is 34.3 Å². The molecule has 0 aliphatic rings. The van der Waals surface area contributed by atoms with Gasteiger partial charge < -0.3 is 15.7 Å². The highest BCUT2D eigenvalue weighted by Crippen LogP contribution is 2.32. The molecule has 2 aromatic heterocycles. The van der Waals surface area contributed by atoms with E-state index < -0.39 is 15.8 Å². The Morgan fingerprint density at radius 1 is 0.784 bits per heavy atom. The van der Waals surface area contributed by atoms with Crippen molar-refractivity contribution in [3.8, 4) is 22.5 Å².